The largest absolute Gasteiger partial charge is 0.480 e. The standard InChI is InChI=1S/C18H25NO3/c1-12(2)11-14-6-8-15(9-7-14)13(3)17(20)19-10-4-5-16(19)18(21)22/h6-9,12-13,16H,4-5,10-11H2,1-3H3,(H,21,22)/t13-,16+/m0/s1. The molecule has 1 aromatic rings. The first kappa shape index (κ1) is 16.5. The fourth-order valence-corrected chi connectivity index (χ4v) is 3.09. The van der Waals surface area contributed by atoms with E-state index in [-0.39, 0.29) is 11.8 Å². The second-order valence-corrected chi connectivity index (χ2v) is 6.59. The average Bonchev–Trinajstić information content (AvgIpc) is 2.95. The smallest absolute Gasteiger partial charge is 0.326 e. The minimum absolute atomic E-state index is 0.0819. The zero-order valence-electron chi connectivity index (χ0n) is 13.6. The summed E-state index contributed by atoms with van der Waals surface area (Å²) in [5, 5.41) is 9.21. The van der Waals surface area contributed by atoms with E-state index < -0.39 is 12.0 Å². The Morgan fingerprint density at radius 3 is 2.41 bits per heavy atom. The van der Waals surface area contributed by atoms with E-state index in [1.807, 2.05) is 19.1 Å². The van der Waals surface area contributed by atoms with Crippen molar-refractivity contribution in [3.63, 3.8) is 0 Å². The van der Waals surface area contributed by atoms with Crippen molar-refractivity contribution in [2.75, 3.05) is 6.54 Å². The van der Waals surface area contributed by atoms with Gasteiger partial charge in [-0.2, -0.15) is 0 Å². The summed E-state index contributed by atoms with van der Waals surface area (Å²) in [6.45, 7) is 6.77. The maximum absolute atomic E-state index is 12.6. The number of carbonyl (C=O) groups is 2. The van der Waals surface area contributed by atoms with E-state index in [2.05, 4.69) is 26.0 Å². The first-order valence-electron chi connectivity index (χ1n) is 8.02. The van der Waals surface area contributed by atoms with Crippen molar-refractivity contribution in [2.24, 2.45) is 5.92 Å². The van der Waals surface area contributed by atoms with E-state index in [4.69, 9.17) is 0 Å². The minimum atomic E-state index is -0.898. The van der Waals surface area contributed by atoms with Gasteiger partial charge in [-0.3, -0.25) is 4.79 Å². The molecule has 1 aliphatic heterocycles. The highest BCUT2D eigenvalue weighted by Gasteiger charge is 2.36. The third-order valence-electron chi connectivity index (χ3n) is 4.32. The quantitative estimate of drug-likeness (QED) is 0.909. The molecule has 22 heavy (non-hydrogen) atoms. The van der Waals surface area contributed by atoms with Crippen LogP contribution in [0.25, 0.3) is 0 Å². The molecule has 1 N–H and O–H groups in total. The zero-order valence-corrected chi connectivity index (χ0v) is 13.6. The summed E-state index contributed by atoms with van der Waals surface area (Å²) >= 11 is 0. The summed E-state index contributed by atoms with van der Waals surface area (Å²) < 4.78 is 0. The molecule has 0 spiro atoms. The number of carboxylic acids is 1. The fraction of sp³-hybridized carbons (Fsp3) is 0.556. The first-order chi connectivity index (χ1) is 10.4. The summed E-state index contributed by atoms with van der Waals surface area (Å²) in [6.07, 6.45) is 2.35. The molecule has 1 aliphatic rings. The van der Waals surface area contributed by atoms with Gasteiger partial charge in [0.15, 0.2) is 0 Å². The van der Waals surface area contributed by atoms with Gasteiger partial charge in [0, 0.05) is 6.54 Å². The van der Waals surface area contributed by atoms with Crippen LogP contribution in [0.15, 0.2) is 24.3 Å². The lowest BCUT2D eigenvalue weighted by atomic mass is 9.95. The summed E-state index contributed by atoms with van der Waals surface area (Å²) in [6, 6.07) is 7.46. The molecule has 1 amide bonds. The van der Waals surface area contributed by atoms with Crippen molar-refractivity contribution in [2.45, 2.75) is 52.0 Å². The number of benzene rings is 1. The Labute approximate surface area is 132 Å². The molecule has 0 aromatic heterocycles. The molecule has 1 aromatic carbocycles. The van der Waals surface area contributed by atoms with E-state index in [0.717, 1.165) is 18.4 Å². The molecule has 4 nitrogen and oxygen atoms in total. The third kappa shape index (κ3) is 3.67. The monoisotopic (exact) mass is 303 g/mol. The predicted molar refractivity (Wildman–Crippen MR) is 85.8 cm³/mol. The highest BCUT2D eigenvalue weighted by molar-refractivity contribution is 5.88. The average molecular weight is 303 g/mol. The highest BCUT2D eigenvalue weighted by Crippen LogP contribution is 2.25. The van der Waals surface area contributed by atoms with E-state index >= 15 is 0 Å². The van der Waals surface area contributed by atoms with Gasteiger partial charge in [-0.1, -0.05) is 38.1 Å². The summed E-state index contributed by atoms with van der Waals surface area (Å²) in [5.41, 5.74) is 2.22. The molecule has 1 saturated heterocycles. The lowest BCUT2D eigenvalue weighted by Gasteiger charge is -2.25. The topological polar surface area (TPSA) is 57.6 Å². The molecule has 0 aliphatic carbocycles. The molecule has 1 heterocycles. The maximum atomic E-state index is 12.6. The lowest BCUT2D eigenvalue weighted by molar-refractivity contribution is -0.148. The van der Waals surface area contributed by atoms with Crippen molar-refractivity contribution in [3.05, 3.63) is 35.4 Å². The number of hydrogen-bond donors (Lipinski definition) is 1. The van der Waals surface area contributed by atoms with Gasteiger partial charge in [0.25, 0.3) is 0 Å². The van der Waals surface area contributed by atoms with E-state index in [9.17, 15) is 14.7 Å². The number of hydrogen-bond acceptors (Lipinski definition) is 2. The maximum Gasteiger partial charge on any atom is 0.326 e. The van der Waals surface area contributed by atoms with E-state index in [1.54, 1.807) is 0 Å². The Kier molecular flexibility index (Phi) is 5.22. The Hall–Kier alpha value is -1.84. The Morgan fingerprint density at radius 1 is 1.23 bits per heavy atom. The van der Waals surface area contributed by atoms with Crippen LogP contribution in [0.5, 0.6) is 0 Å². The van der Waals surface area contributed by atoms with Crippen LogP contribution < -0.4 is 0 Å². The summed E-state index contributed by atoms with van der Waals surface area (Å²) in [5.74, 6) is -0.675. The number of carbonyl (C=O) groups excluding carboxylic acids is 1. The van der Waals surface area contributed by atoms with Gasteiger partial charge in [-0.15, -0.1) is 0 Å². The molecule has 2 rings (SSSR count). The molecule has 0 radical (unpaired) electrons. The van der Waals surface area contributed by atoms with Crippen LogP contribution in [-0.2, 0) is 16.0 Å². The number of carboxylic acid groups (broad SMARTS) is 1. The molecule has 120 valence electrons. The van der Waals surface area contributed by atoms with Gasteiger partial charge in [0.1, 0.15) is 6.04 Å². The number of amides is 1. The van der Waals surface area contributed by atoms with Crippen LogP contribution in [0, 0.1) is 5.92 Å². The third-order valence-corrected chi connectivity index (χ3v) is 4.32. The van der Waals surface area contributed by atoms with E-state index in [1.165, 1.54) is 10.5 Å². The second-order valence-electron chi connectivity index (χ2n) is 6.59. The molecule has 0 unspecified atom stereocenters. The number of likely N-dealkylation sites (tertiary alicyclic amines) is 1. The zero-order chi connectivity index (χ0) is 16.3. The number of rotatable bonds is 5. The Balaban J connectivity index is 2.08. The molecule has 4 heteroatoms. The van der Waals surface area contributed by atoms with Gasteiger partial charge >= 0.3 is 5.97 Å². The molecular formula is C18H25NO3. The van der Waals surface area contributed by atoms with Crippen molar-refractivity contribution < 1.29 is 14.7 Å². The van der Waals surface area contributed by atoms with Gasteiger partial charge in [-0.25, -0.2) is 4.79 Å². The van der Waals surface area contributed by atoms with Gasteiger partial charge in [-0.05, 0) is 43.2 Å². The van der Waals surface area contributed by atoms with E-state index in [0.29, 0.717) is 18.9 Å². The molecular weight excluding hydrogens is 278 g/mol. The van der Waals surface area contributed by atoms with Crippen molar-refractivity contribution >= 4 is 11.9 Å². The van der Waals surface area contributed by atoms with Gasteiger partial charge in [0.2, 0.25) is 5.91 Å². The van der Waals surface area contributed by atoms with Crippen LogP contribution in [0.2, 0.25) is 0 Å². The lowest BCUT2D eigenvalue weighted by Crippen LogP contribution is -2.42. The van der Waals surface area contributed by atoms with Crippen LogP contribution in [0.4, 0.5) is 0 Å². The SMILES string of the molecule is CC(C)Cc1ccc([C@H](C)C(=O)N2CCC[C@@H]2C(=O)O)cc1. The molecule has 0 bridgehead atoms. The highest BCUT2D eigenvalue weighted by atomic mass is 16.4. The van der Waals surface area contributed by atoms with Crippen LogP contribution in [0.3, 0.4) is 0 Å². The van der Waals surface area contributed by atoms with Crippen LogP contribution in [0.1, 0.15) is 50.7 Å². The Bertz CT molecular complexity index is 536. The summed E-state index contributed by atoms with van der Waals surface area (Å²) in [7, 11) is 0. The fourth-order valence-electron chi connectivity index (χ4n) is 3.09. The second kappa shape index (κ2) is 6.95. The first-order valence-corrected chi connectivity index (χ1v) is 8.02. The van der Waals surface area contributed by atoms with Gasteiger partial charge < -0.3 is 10.0 Å². The van der Waals surface area contributed by atoms with Crippen molar-refractivity contribution in [3.8, 4) is 0 Å². The Morgan fingerprint density at radius 2 is 1.86 bits per heavy atom. The normalized spacial score (nSPS) is 19.5. The molecule has 1 fully saturated rings. The van der Waals surface area contributed by atoms with Crippen LogP contribution in [-0.4, -0.2) is 34.5 Å². The minimum Gasteiger partial charge on any atom is -0.480 e. The molecule has 0 saturated carbocycles. The van der Waals surface area contributed by atoms with Gasteiger partial charge in [0.05, 0.1) is 5.92 Å². The number of aliphatic carboxylic acids is 1. The molecule has 2 atom stereocenters. The van der Waals surface area contributed by atoms with Crippen molar-refractivity contribution in [1.29, 1.82) is 0 Å². The predicted octanol–water partition coefficient (Wildman–Crippen LogP) is 3.06. The summed E-state index contributed by atoms with van der Waals surface area (Å²) in [4.78, 5) is 25.3. The number of nitrogens with zero attached hydrogens (tertiary/aromatic N) is 1. The van der Waals surface area contributed by atoms with Crippen LogP contribution >= 0.6 is 0 Å². The van der Waals surface area contributed by atoms with Crippen molar-refractivity contribution in [1.82, 2.24) is 4.90 Å².